The van der Waals surface area contributed by atoms with E-state index in [9.17, 15) is 9.18 Å². The summed E-state index contributed by atoms with van der Waals surface area (Å²) in [5, 5.41) is 13.7. The predicted molar refractivity (Wildman–Crippen MR) is 118 cm³/mol. The number of benzene rings is 1. The number of carbonyl (C=O) groups is 1. The van der Waals surface area contributed by atoms with E-state index in [1.54, 1.807) is 28.5 Å². The second-order valence-electron chi connectivity index (χ2n) is 8.71. The Hall–Kier alpha value is -2.21. The molecule has 0 fully saturated rings. The van der Waals surface area contributed by atoms with Gasteiger partial charge in [0.05, 0.1) is 11.1 Å². The van der Waals surface area contributed by atoms with E-state index in [2.05, 4.69) is 42.9 Å². The van der Waals surface area contributed by atoms with Gasteiger partial charge in [0.2, 0.25) is 0 Å². The molecule has 0 saturated heterocycles. The maximum atomic E-state index is 13.3. The van der Waals surface area contributed by atoms with Crippen LogP contribution in [0.4, 0.5) is 9.18 Å². The Balaban J connectivity index is 1.87. The second kappa shape index (κ2) is 8.27. The van der Waals surface area contributed by atoms with E-state index in [1.807, 2.05) is 13.8 Å². The van der Waals surface area contributed by atoms with Crippen LogP contribution in [0.25, 0.3) is 0 Å². The van der Waals surface area contributed by atoms with Crippen LogP contribution >= 0.6 is 11.3 Å². The SMILES string of the molecule is CCCCC1=NN(C(=O)NC(C)(C)c2ccc(F)cc2)C(C)(C)C1c1ccsc1. The maximum absolute atomic E-state index is 13.3. The number of hydrogen-bond acceptors (Lipinski definition) is 3. The Kier molecular flexibility index (Phi) is 6.13. The molecule has 0 spiro atoms. The normalized spacial score (nSPS) is 18.6. The molecule has 1 unspecified atom stereocenters. The number of rotatable bonds is 6. The molecular formula is C23H30FN3OS. The highest BCUT2D eigenvalue weighted by atomic mass is 32.1. The zero-order valence-electron chi connectivity index (χ0n) is 17.8. The van der Waals surface area contributed by atoms with Crippen LogP contribution in [0.3, 0.4) is 0 Å². The van der Waals surface area contributed by atoms with Gasteiger partial charge in [-0.05, 0) is 80.6 Å². The summed E-state index contributed by atoms with van der Waals surface area (Å²) in [6, 6.07) is 8.12. The van der Waals surface area contributed by atoms with E-state index < -0.39 is 11.1 Å². The van der Waals surface area contributed by atoms with Crippen molar-refractivity contribution in [2.45, 2.75) is 70.9 Å². The minimum absolute atomic E-state index is 0.0833. The van der Waals surface area contributed by atoms with Crippen LogP contribution in [0.2, 0.25) is 0 Å². The second-order valence-corrected chi connectivity index (χ2v) is 9.49. The molecule has 4 nitrogen and oxygen atoms in total. The third kappa shape index (κ3) is 4.37. The van der Waals surface area contributed by atoms with Crippen LogP contribution in [0.15, 0.2) is 46.2 Å². The first-order valence-electron chi connectivity index (χ1n) is 10.1. The summed E-state index contributed by atoms with van der Waals surface area (Å²) in [6.07, 6.45) is 3.01. The standard InChI is InChI=1S/C23H30FN3OS/c1-6-7-8-19-20(16-13-14-29-15-16)23(4,5)27(26-19)21(28)25-22(2,3)17-9-11-18(24)12-10-17/h9-15,20H,6-8H2,1-5H3,(H,25,28). The van der Waals surface area contributed by atoms with Crippen molar-refractivity contribution in [1.29, 1.82) is 0 Å². The molecule has 3 rings (SSSR count). The van der Waals surface area contributed by atoms with E-state index in [0.717, 1.165) is 30.5 Å². The van der Waals surface area contributed by atoms with Crippen molar-refractivity contribution in [2.75, 3.05) is 0 Å². The van der Waals surface area contributed by atoms with Gasteiger partial charge in [0, 0.05) is 11.6 Å². The van der Waals surface area contributed by atoms with Crippen LogP contribution in [0.5, 0.6) is 0 Å². The number of hydrazone groups is 1. The number of urea groups is 1. The molecule has 0 bridgehead atoms. The number of thiophene rings is 1. The Bertz CT molecular complexity index is 872. The average Bonchev–Trinajstić information content (AvgIpc) is 3.25. The minimum Gasteiger partial charge on any atom is -0.328 e. The van der Waals surface area contributed by atoms with Crippen LogP contribution in [-0.2, 0) is 5.54 Å². The number of amides is 2. The van der Waals surface area contributed by atoms with Crippen molar-refractivity contribution in [3.8, 4) is 0 Å². The fourth-order valence-electron chi connectivity index (χ4n) is 4.00. The molecule has 1 aliphatic heterocycles. The monoisotopic (exact) mass is 415 g/mol. The quantitative estimate of drug-likeness (QED) is 0.595. The molecule has 1 aliphatic rings. The first-order valence-corrected chi connectivity index (χ1v) is 11.1. The molecule has 1 aromatic heterocycles. The summed E-state index contributed by atoms with van der Waals surface area (Å²) in [5.74, 6) is -0.208. The van der Waals surface area contributed by atoms with Crippen molar-refractivity contribution >= 4 is 23.1 Å². The Morgan fingerprint density at radius 3 is 2.55 bits per heavy atom. The van der Waals surface area contributed by atoms with Gasteiger partial charge in [0.15, 0.2) is 0 Å². The van der Waals surface area contributed by atoms with E-state index in [4.69, 9.17) is 5.10 Å². The minimum atomic E-state index is -0.652. The zero-order valence-corrected chi connectivity index (χ0v) is 18.6. The topological polar surface area (TPSA) is 44.7 Å². The van der Waals surface area contributed by atoms with Crippen LogP contribution in [-0.4, -0.2) is 22.3 Å². The Morgan fingerprint density at radius 2 is 1.97 bits per heavy atom. The largest absolute Gasteiger partial charge is 0.339 e. The lowest BCUT2D eigenvalue weighted by Crippen LogP contribution is -2.53. The van der Waals surface area contributed by atoms with E-state index in [0.29, 0.717) is 0 Å². The van der Waals surface area contributed by atoms with E-state index in [-0.39, 0.29) is 17.8 Å². The van der Waals surface area contributed by atoms with Gasteiger partial charge in [0.1, 0.15) is 5.82 Å². The Morgan fingerprint density at radius 1 is 1.28 bits per heavy atom. The highest BCUT2D eigenvalue weighted by Crippen LogP contribution is 2.42. The van der Waals surface area contributed by atoms with Gasteiger partial charge >= 0.3 is 6.03 Å². The summed E-state index contributed by atoms with van der Waals surface area (Å²) in [6.45, 7) is 10.1. The molecule has 0 radical (unpaired) electrons. The molecule has 2 heterocycles. The summed E-state index contributed by atoms with van der Waals surface area (Å²) >= 11 is 1.67. The van der Waals surface area contributed by atoms with Gasteiger partial charge in [-0.25, -0.2) is 14.2 Å². The van der Waals surface area contributed by atoms with Crippen molar-refractivity contribution in [2.24, 2.45) is 5.10 Å². The molecule has 0 aliphatic carbocycles. The molecule has 29 heavy (non-hydrogen) atoms. The summed E-state index contributed by atoms with van der Waals surface area (Å²) in [7, 11) is 0. The zero-order chi connectivity index (χ0) is 21.2. The van der Waals surface area contributed by atoms with Crippen LogP contribution in [0, 0.1) is 5.82 Å². The lowest BCUT2D eigenvalue weighted by atomic mass is 9.79. The fraction of sp³-hybridized carbons (Fsp3) is 0.478. The molecule has 1 N–H and O–H groups in total. The number of nitrogens with one attached hydrogen (secondary N) is 1. The molecule has 2 aromatic rings. The highest BCUT2D eigenvalue weighted by molar-refractivity contribution is 7.08. The molecule has 0 saturated carbocycles. The van der Waals surface area contributed by atoms with Crippen molar-refractivity contribution < 1.29 is 9.18 Å². The van der Waals surface area contributed by atoms with Gasteiger partial charge in [-0.2, -0.15) is 16.4 Å². The molecule has 156 valence electrons. The van der Waals surface area contributed by atoms with Gasteiger partial charge in [0.25, 0.3) is 0 Å². The van der Waals surface area contributed by atoms with Gasteiger partial charge in [-0.1, -0.05) is 25.5 Å². The molecular weight excluding hydrogens is 385 g/mol. The highest BCUT2D eigenvalue weighted by Gasteiger charge is 2.48. The van der Waals surface area contributed by atoms with Gasteiger partial charge in [-0.15, -0.1) is 0 Å². The van der Waals surface area contributed by atoms with E-state index in [1.165, 1.54) is 17.7 Å². The lowest BCUT2D eigenvalue weighted by Gasteiger charge is -2.36. The number of carbonyl (C=O) groups excluding carboxylic acids is 1. The summed E-state index contributed by atoms with van der Waals surface area (Å²) < 4.78 is 13.3. The molecule has 1 atom stereocenters. The predicted octanol–water partition coefficient (Wildman–Crippen LogP) is 6.26. The molecule has 2 amide bonds. The molecule has 1 aromatic carbocycles. The fourth-order valence-corrected chi connectivity index (χ4v) is 4.69. The third-order valence-corrected chi connectivity index (χ3v) is 6.36. The smallest absolute Gasteiger partial charge is 0.328 e. The number of unbranched alkanes of at least 4 members (excludes halogenated alkanes) is 1. The maximum Gasteiger partial charge on any atom is 0.339 e. The summed E-state index contributed by atoms with van der Waals surface area (Å²) in [4.78, 5) is 13.3. The number of nitrogens with zero attached hydrogens (tertiary/aromatic N) is 2. The summed E-state index contributed by atoms with van der Waals surface area (Å²) in [5.41, 5.74) is 1.98. The first kappa shape index (κ1) is 21.5. The number of hydrogen-bond donors (Lipinski definition) is 1. The van der Waals surface area contributed by atoms with Crippen molar-refractivity contribution in [1.82, 2.24) is 10.3 Å². The van der Waals surface area contributed by atoms with Gasteiger partial charge in [-0.3, -0.25) is 0 Å². The van der Waals surface area contributed by atoms with Gasteiger partial charge < -0.3 is 5.32 Å². The third-order valence-electron chi connectivity index (χ3n) is 5.65. The molecule has 6 heteroatoms. The van der Waals surface area contributed by atoms with Crippen LogP contribution in [0.1, 0.15) is 70.9 Å². The number of halogens is 1. The van der Waals surface area contributed by atoms with Crippen molar-refractivity contribution in [3.05, 3.63) is 58.0 Å². The van der Waals surface area contributed by atoms with E-state index >= 15 is 0 Å². The lowest BCUT2D eigenvalue weighted by molar-refractivity contribution is 0.138. The first-order chi connectivity index (χ1) is 13.7. The average molecular weight is 416 g/mol. The van der Waals surface area contributed by atoms with Crippen molar-refractivity contribution in [3.63, 3.8) is 0 Å². The van der Waals surface area contributed by atoms with Crippen LogP contribution < -0.4 is 5.32 Å². The Labute approximate surface area is 176 Å².